The van der Waals surface area contributed by atoms with Gasteiger partial charge in [0.25, 0.3) is 0 Å². The monoisotopic (exact) mass is 236 g/mol. The van der Waals surface area contributed by atoms with Crippen molar-refractivity contribution in [1.82, 2.24) is 0 Å². The van der Waals surface area contributed by atoms with Crippen LogP contribution in [0, 0.1) is 0 Å². The summed E-state index contributed by atoms with van der Waals surface area (Å²) in [6.07, 6.45) is 0. The first-order valence-electron chi connectivity index (χ1n) is 0. The first-order valence-corrected chi connectivity index (χ1v) is 0. The molecule has 7 nitrogen and oxygen atoms in total. The van der Waals surface area contributed by atoms with E-state index in [1.807, 2.05) is 0 Å². The van der Waals surface area contributed by atoms with Crippen LogP contribution < -0.4 is 0 Å². The van der Waals surface area contributed by atoms with Gasteiger partial charge >= 0.3 is 41.5 Å². The maximum absolute atomic E-state index is 0. The van der Waals surface area contributed by atoms with Crippen LogP contribution >= 0.6 is 0 Å². The van der Waals surface area contributed by atoms with Crippen molar-refractivity contribution >= 4 is 19.8 Å². The normalized spacial score (nSPS) is 0. The Morgan fingerprint density at radius 1 is 0.333 bits per heavy atom. The van der Waals surface area contributed by atoms with Crippen LogP contribution in [0.1, 0.15) is 0 Å². The van der Waals surface area contributed by atoms with Crippen LogP contribution in [0.25, 0.3) is 0 Å². The first kappa shape index (κ1) is 723. The van der Waals surface area contributed by atoms with E-state index in [9.17, 15) is 0 Å². The Hall–Kier alpha value is 1.07. The molecule has 9 heavy (non-hydrogen) atoms. The fraction of sp³-hybridized carbons (Fsp3) is 0. The topological polar surface area (TPSA) is 210 Å². The van der Waals surface area contributed by atoms with Gasteiger partial charge in [0.1, 0.15) is 0 Å². The maximum Gasteiger partial charge on any atom is 4.00 e. The summed E-state index contributed by atoms with van der Waals surface area (Å²) in [5, 5.41) is 0. The van der Waals surface area contributed by atoms with Gasteiger partial charge in [-0.05, 0) is 0 Å². The molecule has 0 saturated carbocycles. The van der Waals surface area contributed by atoms with Gasteiger partial charge < -0.3 is 38.3 Å². The average Bonchev–Trinajstić information content (AvgIpc) is 0. The molecule has 0 rings (SSSR count). The second-order valence-electron chi connectivity index (χ2n) is 0. The molecule has 9 heteroatoms. The Bertz CT molecular complexity index is 8.88. The molecule has 0 saturated heterocycles. The summed E-state index contributed by atoms with van der Waals surface area (Å²) in [6, 6.07) is 0. The largest absolute Gasteiger partial charge is 4.00 e. The summed E-state index contributed by atoms with van der Waals surface area (Å²) in [4.78, 5) is 0. The van der Waals surface area contributed by atoms with Gasteiger partial charge in [-0.1, -0.05) is 0 Å². The predicted molar refractivity (Wildman–Crippen MR) is 19.3 cm³/mol. The second kappa shape index (κ2) is 515. The van der Waals surface area contributed by atoms with E-state index >= 15 is 0 Å². The SMILES string of the molecule is [Ga+3].[OH-].[OH-].[OH-].[OH-].[OH-].[OH-].[OH-].[Ti+4]. The quantitative estimate of drug-likeness (QED) is 0.448. The fourth-order valence-corrected chi connectivity index (χ4v) is 0. The Kier molecular flexibility index (Phi) is 41400. The standard InChI is InChI=1S/Ga.7H2O.Ti/h;7*1H2;/q+3;;;;;;;;+4/p-7. The molecule has 0 radical (unpaired) electrons. The van der Waals surface area contributed by atoms with Crippen LogP contribution in [0.4, 0.5) is 0 Å². The maximum atomic E-state index is 0. The average molecular weight is 237 g/mol. The molecule has 0 bridgehead atoms. The van der Waals surface area contributed by atoms with Crippen LogP contribution in [-0.2, 0) is 21.7 Å². The minimum atomic E-state index is 0. The third-order valence-corrected chi connectivity index (χ3v) is 0. The fourth-order valence-electron chi connectivity index (χ4n) is 0. The van der Waals surface area contributed by atoms with Crippen molar-refractivity contribution in [1.29, 1.82) is 0 Å². The molecule has 0 unspecified atom stereocenters. The van der Waals surface area contributed by atoms with Gasteiger partial charge in [-0.2, -0.15) is 0 Å². The zero-order chi connectivity index (χ0) is 0. The predicted octanol–water partition coefficient (Wildman–Crippen LogP) is -1.62. The third-order valence-electron chi connectivity index (χ3n) is 0. The van der Waals surface area contributed by atoms with Gasteiger partial charge in [0.05, 0.1) is 0 Å². The molecule has 0 aliphatic rings. The van der Waals surface area contributed by atoms with E-state index in [1.54, 1.807) is 0 Å². The molecule has 0 spiro atoms. The van der Waals surface area contributed by atoms with Gasteiger partial charge in [0.15, 0.2) is 0 Å². The second-order valence-corrected chi connectivity index (χ2v) is 0. The Balaban J connectivity index is 0. The minimum Gasteiger partial charge on any atom is -0.870 e. The number of hydrogen-bond donors (Lipinski definition) is 0. The molecular formula is H7GaO7Ti. The summed E-state index contributed by atoms with van der Waals surface area (Å²) in [5.41, 5.74) is 0. The molecule has 0 heterocycles. The molecule has 0 fully saturated rings. The van der Waals surface area contributed by atoms with Crippen molar-refractivity contribution in [2.24, 2.45) is 0 Å². The van der Waals surface area contributed by atoms with Crippen molar-refractivity contribution in [3.8, 4) is 0 Å². The summed E-state index contributed by atoms with van der Waals surface area (Å²) >= 11 is 0. The van der Waals surface area contributed by atoms with Crippen molar-refractivity contribution < 1.29 is 60.1 Å². The number of rotatable bonds is 0. The van der Waals surface area contributed by atoms with Crippen molar-refractivity contribution in [2.45, 2.75) is 0 Å². The third kappa shape index (κ3) is 396. The first-order chi connectivity index (χ1) is 0. The molecule has 56 valence electrons. The van der Waals surface area contributed by atoms with E-state index in [-0.39, 0.29) is 79.8 Å². The van der Waals surface area contributed by atoms with Crippen molar-refractivity contribution in [2.75, 3.05) is 0 Å². The van der Waals surface area contributed by atoms with E-state index in [1.165, 1.54) is 0 Å². The van der Waals surface area contributed by atoms with Gasteiger partial charge in [0.2, 0.25) is 0 Å². The van der Waals surface area contributed by atoms with E-state index in [2.05, 4.69) is 0 Å². The molecule has 0 aromatic heterocycles. The van der Waals surface area contributed by atoms with E-state index in [0.29, 0.717) is 0 Å². The summed E-state index contributed by atoms with van der Waals surface area (Å²) < 4.78 is 0. The number of hydrogen-bond acceptors (Lipinski definition) is 7. The van der Waals surface area contributed by atoms with Gasteiger partial charge in [0, 0.05) is 0 Å². The Morgan fingerprint density at radius 2 is 0.333 bits per heavy atom. The summed E-state index contributed by atoms with van der Waals surface area (Å²) in [6.45, 7) is 0. The Morgan fingerprint density at radius 3 is 0.333 bits per heavy atom. The molecule has 0 aliphatic carbocycles. The summed E-state index contributed by atoms with van der Waals surface area (Å²) in [5.74, 6) is 0. The minimum absolute atomic E-state index is 0. The molecule has 0 aromatic rings. The molecule has 0 amide bonds. The molecule has 0 atom stereocenters. The molecule has 7 N–H and O–H groups in total. The van der Waals surface area contributed by atoms with E-state index in [4.69, 9.17) is 0 Å². The van der Waals surface area contributed by atoms with Crippen LogP contribution in [0.2, 0.25) is 0 Å². The molecular weight excluding hydrogens is 230 g/mol. The van der Waals surface area contributed by atoms with Crippen molar-refractivity contribution in [3.63, 3.8) is 0 Å². The van der Waals surface area contributed by atoms with Gasteiger partial charge in [-0.25, -0.2) is 0 Å². The van der Waals surface area contributed by atoms with Crippen LogP contribution in [0.15, 0.2) is 0 Å². The van der Waals surface area contributed by atoms with E-state index in [0.717, 1.165) is 0 Å². The smallest absolute Gasteiger partial charge is 0.870 e. The van der Waals surface area contributed by atoms with Crippen LogP contribution in [-0.4, -0.2) is 58.1 Å². The zero-order valence-electron chi connectivity index (χ0n) is 4.21. The van der Waals surface area contributed by atoms with Crippen molar-refractivity contribution in [3.05, 3.63) is 0 Å². The zero-order valence-corrected chi connectivity index (χ0v) is 8.19. The van der Waals surface area contributed by atoms with E-state index < -0.39 is 0 Å². The van der Waals surface area contributed by atoms with Crippen LogP contribution in [0.5, 0.6) is 0 Å². The Labute approximate surface area is 79.9 Å². The van der Waals surface area contributed by atoms with Gasteiger partial charge in [-0.15, -0.1) is 0 Å². The van der Waals surface area contributed by atoms with Gasteiger partial charge in [-0.3, -0.25) is 0 Å². The van der Waals surface area contributed by atoms with Crippen LogP contribution in [0.3, 0.4) is 0 Å². The molecule has 0 aliphatic heterocycles. The molecule has 0 aromatic carbocycles. The summed E-state index contributed by atoms with van der Waals surface area (Å²) in [7, 11) is 0.